The molecule has 0 bridgehead atoms. The number of guanidine groups is 1. The number of carbonyl (C=O) groups is 1. The highest BCUT2D eigenvalue weighted by atomic mass is 16.6. The van der Waals surface area contributed by atoms with Gasteiger partial charge in [-0.1, -0.05) is 19.8 Å². The zero-order valence-corrected chi connectivity index (χ0v) is 18.1. The lowest BCUT2D eigenvalue weighted by molar-refractivity contribution is 0.00928. The standard InChI is InChI=1S/C21H40N4O2/c1-6-7-8-13-23-19(22-5)24-14-11-18(12-15-24)25(16-17-9-10-17)20(26)27-21(2,3)4/h17-18H,6-16H2,1-5H3,(H,22,23). The third kappa shape index (κ3) is 7.59. The van der Waals surface area contributed by atoms with Gasteiger partial charge >= 0.3 is 6.09 Å². The van der Waals surface area contributed by atoms with Gasteiger partial charge in [0.15, 0.2) is 5.96 Å². The maximum absolute atomic E-state index is 12.7. The number of aliphatic imine (C=N–C) groups is 1. The Morgan fingerprint density at radius 2 is 1.85 bits per heavy atom. The summed E-state index contributed by atoms with van der Waals surface area (Å²) in [6, 6.07) is 0.273. The summed E-state index contributed by atoms with van der Waals surface area (Å²) in [5.41, 5.74) is -0.440. The topological polar surface area (TPSA) is 57.2 Å². The van der Waals surface area contributed by atoms with E-state index >= 15 is 0 Å². The van der Waals surface area contributed by atoms with E-state index < -0.39 is 5.60 Å². The Bertz CT molecular complexity index is 489. The summed E-state index contributed by atoms with van der Waals surface area (Å²) < 4.78 is 5.69. The van der Waals surface area contributed by atoms with Gasteiger partial charge in [0, 0.05) is 39.3 Å². The molecule has 1 heterocycles. The van der Waals surface area contributed by atoms with Crippen molar-refractivity contribution in [2.75, 3.05) is 33.2 Å². The van der Waals surface area contributed by atoms with Crippen molar-refractivity contribution in [3.8, 4) is 0 Å². The number of nitrogens with zero attached hydrogens (tertiary/aromatic N) is 3. The van der Waals surface area contributed by atoms with Crippen molar-refractivity contribution >= 4 is 12.1 Å². The second-order valence-electron chi connectivity index (χ2n) is 8.98. The largest absolute Gasteiger partial charge is 0.444 e. The minimum Gasteiger partial charge on any atom is -0.444 e. The predicted molar refractivity (Wildman–Crippen MR) is 111 cm³/mol. The van der Waals surface area contributed by atoms with Crippen LogP contribution in [0.4, 0.5) is 4.79 Å². The van der Waals surface area contributed by atoms with Gasteiger partial charge in [0.1, 0.15) is 5.60 Å². The third-order valence-electron chi connectivity index (χ3n) is 5.26. The molecule has 1 aliphatic heterocycles. The highest BCUT2D eigenvalue weighted by Gasteiger charge is 2.35. The Hall–Kier alpha value is -1.46. The normalized spacial score (nSPS) is 19.1. The van der Waals surface area contributed by atoms with E-state index in [2.05, 4.69) is 22.1 Å². The Labute approximate surface area is 165 Å². The van der Waals surface area contributed by atoms with Crippen LogP contribution in [0.2, 0.25) is 0 Å². The Morgan fingerprint density at radius 3 is 2.37 bits per heavy atom. The van der Waals surface area contributed by atoms with Gasteiger partial charge in [-0.05, 0) is 58.8 Å². The second kappa shape index (κ2) is 10.2. The van der Waals surface area contributed by atoms with E-state index in [1.807, 2.05) is 32.7 Å². The number of ether oxygens (including phenoxy) is 1. The quantitative estimate of drug-likeness (QED) is 0.414. The molecule has 6 heteroatoms. The average molecular weight is 381 g/mol. The van der Waals surface area contributed by atoms with E-state index in [0.717, 1.165) is 45.0 Å². The smallest absolute Gasteiger partial charge is 0.410 e. The summed E-state index contributed by atoms with van der Waals surface area (Å²) in [6.07, 6.45) is 7.95. The molecule has 27 heavy (non-hydrogen) atoms. The summed E-state index contributed by atoms with van der Waals surface area (Å²) in [4.78, 5) is 21.5. The van der Waals surface area contributed by atoms with E-state index in [-0.39, 0.29) is 12.1 Å². The molecule has 1 amide bonds. The maximum Gasteiger partial charge on any atom is 0.410 e. The molecule has 2 rings (SSSR count). The van der Waals surface area contributed by atoms with Crippen molar-refractivity contribution in [2.45, 2.75) is 84.3 Å². The van der Waals surface area contributed by atoms with Crippen LogP contribution in [0.15, 0.2) is 4.99 Å². The molecular formula is C21H40N4O2. The first-order chi connectivity index (χ1) is 12.8. The summed E-state index contributed by atoms with van der Waals surface area (Å²) in [5, 5.41) is 3.48. The van der Waals surface area contributed by atoms with E-state index in [9.17, 15) is 4.79 Å². The number of piperidine rings is 1. The minimum atomic E-state index is -0.440. The van der Waals surface area contributed by atoms with Gasteiger partial charge in [-0.25, -0.2) is 4.79 Å². The fourth-order valence-corrected chi connectivity index (χ4v) is 3.57. The van der Waals surface area contributed by atoms with Crippen LogP contribution < -0.4 is 5.32 Å². The van der Waals surface area contributed by atoms with Crippen LogP contribution in [-0.4, -0.2) is 66.7 Å². The second-order valence-corrected chi connectivity index (χ2v) is 8.98. The van der Waals surface area contributed by atoms with Crippen LogP contribution in [0.5, 0.6) is 0 Å². The highest BCUT2D eigenvalue weighted by Crippen LogP contribution is 2.32. The summed E-state index contributed by atoms with van der Waals surface area (Å²) in [7, 11) is 1.86. The van der Waals surface area contributed by atoms with E-state index in [4.69, 9.17) is 4.74 Å². The summed E-state index contributed by atoms with van der Waals surface area (Å²) in [5.74, 6) is 1.67. The van der Waals surface area contributed by atoms with E-state index in [0.29, 0.717) is 5.92 Å². The fraction of sp³-hybridized carbons (Fsp3) is 0.905. The lowest BCUT2D eigenvalue weighted by Crippen LogP contribution is -2.52. The molecule has 6 nitrogen and oxygen atoms in total. The lowest BCUT2D eigenvalue weighted by atomic mass is 10.0. The number of amides is 1. The average Bonchev–Trinajstić information content (AvgIpc) is 3.43. The van der Waals surface area contributed by atoms with Crippen molar-refractivity contribution in [3.63, 3.8) is 0 Å². The van der Waals surface area contributed by atoms with Crippen LogP contribution >= 0.6 is 0 Å². The first-order valence-electron chi connectivity index (χ1n) is 10.8. The number of likely N-dealkylation sites (tertiary alicyclic amines) is 1. The van der Waals surface area contributed by atoms with Crippen molar-refractivity contribution in [1.82, 2.24) is 15.1 Å². The zero-order chi connectivity index (χ0) is 19.9. The van der Waals surface area contributed by atoms with Gasteiger partial charge in [-0.2, -0.15) is 0 Å². The maximum atomic E-state index is 12.7. The third-order valence-corrected chi connectivity index (χ3v) is 5.26. The molecule has 0 unspecified atom stereocenters. The molecule has 0 aromatic rings. The monoisotopic (exact) mass is 380 g/mol. The summed E-state index contributed by atoms with van der Waals surface area (Å²) >= 11 is 0. The SMILES string of the molecule is CCCCCNC(=NC)N1CCC(N(CC2CC2)C(=O)OC(C)(C)C)CC1. The van der Waals surface area contributed by atoms with Crippen molar-refractivity contribution in [2.24, 2.45) is 10.9 Å². The molecule has 156 valence electrons. The molecule has 1 aliphatic carbocycles. The van der Waals surface area contributed by atoms with Crippen molar-refractivity contribution < 1.29 is 9.53 Å². The van der Waals surface area contributed by atoms with Gasteiger partial charge in [-0.3, -0.25) is 4.99 Å². The molecule has 0 aromatic carbocycles. The first kappa shape index (κ1) is 21.8. The zero-order valence-electron chi connectivity index (χ0n) is 18.1. The molecule has 1 N–H and O–H groups in total. The van der Waals surface area contributed by atoms with Gasteiger partial charge in [0.05, 0.1) is 0 Å². The summed E-state index contributed by atoms with van der Waals surface area (Å²) in [6.45, 7) is 11.7. The lowest BCUT2D eigenvalue weighted by Gasteiger charge is -2.40. The van der Waals surface area contributed by atoms with Crippen LogP contribution in [0.25, 0.3) is 0 Å². The molecule has 0 aromatic heterocycles. The van der Waals surface area contributed by atoms with Crippen LogP contribution in [0.1, 0.15) is 72.6 Å². The Kier molecular flexibility index (Phi) is 8.24. The molecule has 0 atom stereocenters. The Balaban J connectivity index is 1.87. The van der Waals surface area contributed by atoms with Gasteiger partial charge in [0.2, 0.25) is 0 Å². The highest BCUT2D eigenvalue weighted by molar-refractivity contribution is 5.80. The first-order valence-corrected chi connectivity index (χ1v) is 10.8. The van der Waals surface area contributed by atoms with Gasteiger partial charge in [-0.15, -0.1) is 0 Å². The predicted octanol–water partition coefficient (Wildman–Crippen LogP) is 3.86. The van der Waals surface area contributed by atoms with Gasteiger partial charge in [0.25, 0.3) is 0 Å². The van der Waals surface area contributed by atoms with E-state index in [1.54, 1.807) is 0 Å². The minimum absolute atomic E-state index is 0.144. The Morgan fingerprint density at radius 1 is 1.19 bits per heavy atom. The molecule has 2 aliphatic rings. The van der Waals surface area contributed by atoms with Gasteiger partial charge < -0.3 is 19.9 Å². The number of nitrogens with one attached hydrogen (secondary N) is 1. The number of carbonyl (C=O) groups excluding carboxylic acids is 1. The molecule has 0 spiro atoms. The molecule has 0 radical (unpaired) electrons. The number of hydrogen-bond donors (Lipinski definition) is 1. The van der Waals surface area contributed by atoms with Crippen molar-refractivity contribution in [3.05, 3.63) is 0 Å². The number of rotatable bonds is 7. The number of hydrogen-bond acceptors (Lipinski definition) is 3. The van der Waals surface area contributed by atoms with E-state index in [1.165, 1.54) is 32.1 Å². The van der Waals surface area contributed by atoms with Crippen LogP contribution in [0.3, 0.4) is 0 Å². The molecule has 1 saturated heterocycles. The number of unbranched alkanes of at least 4 members (excludes halogenated alkanes) is 2. The van der Waals surface area contributed by atoms with Crippen LogP contribution in [-0.2, 0) is 4.74 Å². The molecule has 1 saturated carbocycles. The van der Waals surface area contributed by atoms with Crippen LogP contribution in [0, 0.1) is 5.92 Å². The fourth-order valence-electron chi connectivity index (χ4n) is 3.57. The molecule has 2 fully saturated rings. The molecular weight excluding hydrogens is 340 g/mol. The van der Waals surface area contributed by atoms with Crippen molar-refractivity contribution in [1.29, 1.82) is 0 Å².